The van der Waals surface area contributed by atoms with Crippen LogP contribution in [0, 0.1) is 5.82 Å². The Bertz CT molecular complexity index is 1130. The minimum atomic E-state index is -0.323. The number of anilines is 1. The van der Waals surface area contributed by atoms with E-state index < -0.39 is 0 Å². The van der Waals surface area contributed by atoms with Crippen LogP contribution >= 0.6 is 0 Å². The summed E-state index contributed by atoms with van der Waals surface area (Å²) in [5.74, 6) is 0.401. The number of carbonyl (C=O) groups is 1. The van der Waals surface area contributed by atoms with Gasteiger partial charge >= 0.3 is 0 Å². The van der Waals surface area contributed by atoms with Crippen LogP contribution in [0.4, 0.5) is 10.1 Å². The molecule has 0 aliphatic heterocycles. The highest BCUT2D eigenvalue weighted by Crippen LogP contribution is 2.29. The van der Waals surface area contributed by atoms with E-state index in [1.54, 1.807) is 30.3 Å². The summed E-state index contributed by atoms with van der Waals surface area (Å²) in [4.78, 5) is 12.7. The van der Waals surface area contributed by atoms with Gasteiger partial charge in [0.25, 0.3) is 5.91 Å². The summed E-state index contributed by atoms with van der Waals surface area (Å²) in [7, 11) is 0. The van der Waals surface area contributed by atoms with Gasteiger partial charge in [0.05, 0.1) is 5.39 Å². The van der Waals surface area contributed by atoms with Gasteiger partial charge in [-0.1, -0.05) is 31.1 Å². The first kappa shape index (κ1) is 17.9. The highest BCUT2D eigenvalue weighted by Gasteiger charge is 2.14. The van der Waals surface area contributed by atoms with E-state index in [0.29, 0.717) is 33.7 Å². The van der Waals surface area contributed by atoms with Crippen molar-refractivity contribution in [3.05, 3.63) is 83.7 Å². The number of carbonyl (C=O) groups excluding carboxylic acids is 1. The van der Waals surface area contributed by atoms with Crippen molar-refractivity contribution in [1.29, 1.82) is 0 Å². The molecule has 140 valence electrons. The number of rotatable bonds is 4. The van der Waals surface area contributed by atoms with Crippen molar-refractivity contribution in [2.75, 3.05) is 5.32 Å². The third-order valence-corrected chi connectivity index (χ3v) is 4.68. The molecule has 3 aromatic carbocycles. The third-order valence-electron chi connectivity index (χ3n) is 4.68. The number of halogens is 1. The zero-order valence-corrected chi connectivity index (χ0v) is 15.6. The summed E-state index contributed by atoms with van der Waals surface area (Å²) < 4.78 is 18.6. The fourth-order valence-corrected chi connectivity index (χ4v) is 3.05. The smallest absolute Gasteiger partial charge is 0.255 e. The van der Waals surface area contributed by atoms with E-state index in [2.05, 4.69) is 24.3 Å². The summed E-state index contributed by atoms with van der Waals surface area (Å²) in [6, 6.07) is 19.0. The Morgan fingerprint density at radius 2 is 1.71 bits per heavy atom. The molecule has 1 heterocycles. The first-order chi connectivity index (χ1) is 13.5. The summed E-state index contributed by atoms with van der Waals surface area (Å²) in [6.45, 7) is 4.25. The Kier molecular flexibility index (Phi) is 4.65. The third kappa shape index (κ3) is 3.51. The molecule has 1 amide bonds. The quantitative estimate of drug-likeness (QED) is 0.476. The Morgan fingerprint density at radius 1 is 1.00 bits per heavy atom. The van der Waals surface area contributed by atoms with Gasteiger partial charge in [0, 0.05) is 16.8 Å². The summed E-state index contributed by atoms with van der Waals surface area (Å²) >= 11 is 0. The molecule has 28 heavy (non-hydrogen) atoms. The second-order valence-electron chi connectivity index (χ2n) is 6.98. The van der Waals surface area contributed by atoms with E-state index in [9.17, 15) is 9.18 Å². The first-order valence-corrected chi connectivity index (χ1v) is 9.08. The fourth-order valence-electron chi connectivity index (χ4n) is 3.05. The highest BCUT2D eigenvalue weighted by molar-refractivity contribution is 6.07. The molecule has 0 saturated carbocycles. The molecular weight excluding hydrogens is 355 g/mol. The van der Waals surface area contributed by atoms with Crippen LogP contribution in [-0.4, -0.2) is 11.1 Å². The average molecular weight is 374 g/mol. The Hall–Kier alpha value is -3.47. The lowest BCUT2D eigenvalue weighted by atomic mass is 10.0. The van der Waals surface area contributed by atoms with Gasteiger partial charge in [-0.3, -0.25) is 4.79 Å². The maximum atomic E-state index is 13.2. The molecule has 4 nitrogen and oxygen atoms in total. The van der Waals surface area contributed by atoms with Crippen LogP contribution in [0.2, 0.25) is 0 Å². The van der Waals surface area contributed by atoms with E-state index in [-0.39, 0.29) is 11.7 Å². The lowest BCUT2D eigenvalue weighted by Gasteiger charge is -2.08. The van der Waals surface area contributed by atoms with Gasteiger partial charge in [0.2, 0.25) is 0 Å². The number of hydrogen-bond acceptors (Lipinski definition) is 3. The molecule has 1 aromatic heterocycles. The van der Waals surface area contributed by atoms with E-state index in [1.165, 1.54) is 17.7 Å². The van der Waals surface area contributed by atoms with Crippen molar-refractivity contribution in [3.8, 4) is 11.3 Å². The number of aromatic nitrogens is 1. The molecular formula is C23H19FN2O2. The first-order valence-electron chi connectivity index (χ1n) is 9.08. The maximum absolute atomic E-state index is 13.2. The van der Waals surface area contributed by atoms with E-state index in [1.807, 2.05) is 24.3 Å². The lowest BCUT2D eigenvalue weighted by molar-refractivity contribution is 0.102. The summed E-state index contributed by atoms with van der Waals surface area (Å²) in [6.07, 6.45) is 0. The summed E-state index contributed by atoms with van der Waals surface area (Å²) in [5.41, 5.74) is 3.78. The zero-order valence-electron chi connectivity index (χ0n) is 15.6. The van der Waals surface area contributed by atoms with Crippen LogP contribution in [0.1, 0.15) is 35.7 Å². The number of benzene rings is 3. The van der Waals surface area contributed by atoms with Gasteiger partial charge in [-0.05, 0) is 66.1 Å². The molecule has 1 N–H and O–H groups in total. The number of nitrogens with one attached hydrogen (secondary N) is 1. The SMILES string of the molecule is CC(C)c1ccc(NC(=O)c2ccc3noc(-c4ccc(F)cc4)c3c2)cc1. The van der Waals surface area contributed by atoms with Crippen molar-refractivity contribution in [2.24, 2.45) is 0 Å². The molecule has 5 heteroatoms. The lowest BCUT2D eigenvalue weighted by Crippen LogP contribution is -2.11. The normalized spacial score (nSPS) is 11.1. The molecule has 4 rings (SSSR count). The number of fused-ring (bicyclic) bond motifs is 1. The Balaban J connectivity index is 1.62. The number of amides is 1. The van der Waals surface area contributed by atoms with Gasteiger partial charge in [-0.2, -0.15) is 0 Å². The number of hydrogen-bond donors (Lipinski definition) is 1. The van der Waals surface area contributed by atoms with Crippen LogP contribution in [0.25, 0.3) is 22.2 Å². The van der Waals surface area contributed by atoms with Gasteiger partial charge in [-0.15, -0.1) is 0 Å². The minimum absolute atomic E-state index is 0.217. The molecule has 0 unspecified atom stereocenters. The predicted molar refractivity (Wildman–Crippen MR) is 108 cm³/mol. The van der Waals surface area contributed by atoms with Gasteiger partial charge < -0.3 is 9.84 Å². The molecule has 0 radical (unpaired) electrons. The molecule has 4 aromatic rings. The largest absolute Gasteiger partial charge is 0.355 e. The Morgan fingerprint density at radius 3 is 2.39 bits per heavy atom. The average Bonchev–Trinajstić information content (AvgIpc) is 3.12. The topological polar surface area (TPSA) is 55.1 Å². The van der Waals surface area contributed by atoms with Gasteiger partial charge in [-0.25, -0.2) is 4.39 Å². The van der Waals surface area contributed by atoms with Crippen LogP contribution in [0.5, 0.6) is 0 Å². The van der Waals surface area contributed by atoms with Crippen molar-refractivity contribution in [2.45, 2.75) is 19.8 Å². The van der Waals surface area contributed by atoms with Crippen molar-refractivity contribution in [3.63, 3.8) is 0 Å². The fraction of sp³-hybridized carbons (Fsp3) is 0.130. The van der Waals surface area contributed by atoms with Crippen LogP contribution in [0.15, 0.2) is 71.3 Å². The molecule has 0 aliphatic rings. The molecule has 0 saturated heterocycles. The van der Waals surface area contributed by atoms with E-state index in [4.69, 9.17) is 4.52 Å². The molecule has 0 fully saturated rings. The minimum Gasteiger partial charge on any atom is -0.355 e. The molecule has 0 atom stereocenters. The van der Waals surface area contributed by atoms with Crippen LogP contribution < -0.4 is 5.32 Å². The molecule has 0 spiro atoms. The van der Waals surface area contributed by atoms with Gasteiger partial charge in [0.15, 0.2) is 5.76 Å². The molecule has 0 bridgehead atoms. The highest BCUT2D eigenvalue weighted by atomic mass is 19.1. The predicted octanol–water partition coefficient (Wildman–Crippen LogP) is 6.01. The maximum Gasteiger partial charge on any atom is 0.255 e. The van der Waals surface area contributed by atoms with Gasteiger partial charge in [0.1, 0.15) is 11.3 Å². The zero-order chi connectivity index (χ0) is 19.7. The molecule has 0 aliphatic carbocycles. The summed E-state index contributed by atoms with van der Waals surface area (Å²) in [5, 5.41) is 7.64. The van der Waals surface area contributed by atoms with Crippen molar-refractivity contribution >= 4 is 22.5 Å². The van der Waals surface area contributed by atoms with E-state index >= 15 is 0 Å². The number of nitrogens with zero attached hydrogens (tertiary/aromatic N) is 1. The van der Waals surface area contributed by atoms with Crippen molar-refractivity contribution < 1.29 is 13.7 Å². The van der Waals surface area contributed by atoms with Crippen LogP contribution in [-0.2, 0) is 0 Å². The second kappa shape index (κ2) is 7.27. The van der Waals surface area contributed by atoms with E-state index in [0.717, 1.165) is 5.69 Å². The second-order valence-corrected chi connectivity index (χ2v) is 6.98. The van der Waals surface area contributed by atoms with Crippen LogP contribution in [0.3, 0.4) is 0 Å². The van der Waals surface area contributed by atoms with Crippen molar-refractivity contribution in [1.82, 2.24) is 5.16 Å². The monoisotopic (exact) mass is 374 g/mol. The standard InChI is InChI=1S/C23H19FN2O2/c1-14(2)15-5-10-19(11-6-15)25-23(27)17-7-12-21-20(13-17)22(28-26-21)16-3-8-18(24)9-4-16/h3-14H,1-2H3,(H,25,27). The Labute approximate surface area is 162 Å².